The molecule has 124 valence electrons. The van der Waals surface area contributed by atoms with Gasteiger partial charge in [-0.1, -0.05) is 24.3 Å². The first-order valence-electron chi connectivity index (χ1n) is 7.65. The van der Waals surface area contributed by atoms with Crippen molar-refractivity contribution in [2.24, 2.45) is 0 Å². The average molecular weight is 334 g/mol. The van der Waals surface area contributed by atoms with Crippen LogP contribution in [0.15, 0.2) is 48.5 Å². The first-order chi connectivity index (χ1) is 12.0. The summed E-state index contributed by atoms with van der Waals surface area (Å²) >= 11 is 0. The molecule has 0 radical (unpaired) electrons. The molecular formula is C19H14N2O4. The summed E-state index contributed by atoms with van der Waals surface area (Å²) in [6, 6.07) is 14.0. The van der Waals surface area contributed by atoms with Gasteiger partial charge in [0.25, 0.3) is 11.8 Å². The van der Waals surface area contributed by atoms with Crippen LogP contribution >= 0.6 is 0 Å². The molecule has 0 unspecified atom stereocenters. The number of fused-ring (bicyclic) bond motifs is 1. The molecule has 0 saturated carbocycles. The molecule has 0 fully saturated rings. The van der Waals surface area contributed by atoms with Crippen molar-refractivity contribution in [3.8, 4) is 6.07 Å². The number of amides is 2. The Bertz CT molecular complexity index is 861. The fourth-order valence-electron chi connectivity index (χ4n) is 2.62. The molecule has 25 heavy (non-hydrogen) atoms. The number of benzene rings is 2. The topological polar surface area (TPSA) is 87.5 Å². The summed E-state index contributed by atoms with van der Waals surface area (Å²) in [4.78, 5) is 37.9. The molecule has 0 bridgehead atoms. The van der Waals surface area contributed by atoms with E-state index in [0.29, 0.717) is 22.3 Å². The lowest BCUT2D eigenvalue weighted by Gasteiger charge is -2.20. The summed E-state index contributed by atoms with van der Waals surface area (Å²) in [6.45, 7) is 1.46. The largest absolute Gasteiger partial charge is 0.459 e. The third-order valence-electron chi connectivity index (χ3n) is 4.02. The van der Waals surface area contributed by atoms with Gasteiger partial charge in [0.1, 0.15) is 12.6 Å². The Morgan fingerprint density at radius 3 is 2.16 bits per heavy atom. The molecule has 0 spiro atoms. The van der Waals surface area contributed by atoms with E-state index in [1.807, 2.05) is 6.07 Å². The Labute approximate surface area is 144 Å². The molecular weight excluding hydrogens is 320 g/mol. The Kier molecular flexibility index (Phi) is 4.31. The summed E-state index contributed by atoms with van der Waals surface area (Å²) in [5.74, 6) is -1.66. The van der Waals surface area contributed by atoms with E-state index in [1.54, 1.807) is 48.5 Å². The zero-order chi connectivity index (χ0) is 18.0. The molecule has 0 saturated heterocycles. The molecule has 6 heteroatoms. The van der Waals surface area contributed by atoms with Crippen LogP contribution in [0.2, 0.25) is 0 Å². The van der Waals surface area contributed by atoms with Crippen LogP contribution in [0.1, 0.15) is 38.8 Å². The molecule has 0 N–H and O–H groups in total. The molecule has 1 aliphatic heterocycles. The number of hydrogen-bond acceptors (Lipinski definition) is 5. The summed E-state index contributed by atoms with van der Waals surface area (Å²) < 4.78 is 5.20. The van der Waals surface area contributed by atoms with E-state index in [1.165, 1.54) is 6.92 Å². The van der Waals surface area contributed by atoms with Gasteiger partial charge in [-0.3, -0.25) is 14.5 Å². The number of carbonyl (C=O) groups is 3. The Morgan fingerprint density at radius 1 is 1.08 bits per heavy atom. The van der Waals surface area contributed by atoms with Gasteiger partial charge in [-0.15, -0.1) is 0 Å². The third-order valence-corrected chi connectivity index (χ3v) is 4.02. The van der Waals surface area contributed by atoms with Crippen molar-refractivity contribution < 1.29 is 19.1 Å². The highest BCUT2D eigenvalue weighted by atomic mass is 16.5. The maximum atomic E-state index is 12.4. The first-order valence-corrected chi connectivity index (χ1v) is 7.65. The second-order valence-corrected chi connectivity index (χ2v) is 5.62. The summed E-state index contributed by atoms with van der Waals surface area (Å²) in [5.41, 5.74) is 1.80. The predicted molar refractivity (Wildman–Crippen MR) is 87.4 cm³/mol. The van der Waals surface area contributed by atoms with Crippen molar-refractivity contribution in [3.05, 3.63) is 70.8 Å². The van der Waals surface area contributed by atoms with Gasteiger partial charge in [-0.05, 0) is 36.8 Å². The number of nitriles is 1. The summed E-state index contributed by atoms with van der Waals surface area (Å²) in [5, 5.41) is 8.76. The highest BCUT2D eigenvalue weighted by Crippen LogP contribution is 2.24. The fourth-order valence-corrected chi connectivity index (χ4v) is 2.62. The van der Waals surface area contributed by atoms with Crippen molar-refractivity contribution in [1.29, 1.82) is 5.26 Å². The number of hydrogen-bond donors (Lipinski definition) is 0. The minimum Gasteiger partial charge on any atom is -0.459 e. The monoisotopic (exact) mass is 334 g/mol. The van der Waals surface area contributed by atoms with Gasteiger partial charge in [0, 0.05) is 0 Å². The molecule has 2 aromatic rings. The molecule has 2 amide bonds. The van der Waals surface area contributed by atoms with Gasteiger partial charge in [-0.2, -0.15) is 5.26 Å². The molecule has 0 aliphatic carbocycles. The van der Waals surface area contributed by atoms with Crippen LogP contribution in [0.5, 0.6) is 0 Å². The quantitative estimate of drug-likeness (QED) is 0.632. The van der Waals surface area contributed by atoms with E-state index in [4.69, 9.17) is 10.00 Å². The predicted octanol–water partition coefficient (Wildman–Crippen LogP) is 2.29. The lowest BCUT2D eigenvalue weighted by Crippen LogP contribution is -2.43. The van der Waals surface area contributed by atoms with Crippen LogP contribution in [-0.2, 0) is 16.1 Å². The third kappa shape index (κ3) is 3.00. The van der Waals surface area contributed by atoms with Gasteiger partial charge < -0.3 is 4.74 Å². The molecule has 2 aromatic carbocycles. The van der Waals surface area contributed by atoms with Gasteiger partial charge in [0.2, 0.25) is 0 Å². The summed E-state index contributed by atoms with van der Waals surface area (Å²) in [6.07, 6.45) is 0. The smallest absolute Gasteiger partial charge is 0.329 e. The van der Waals surface area contributed by atoms with Gasteiger partial charge in [-0.25, -0.2) is 4.79 Å². The van der Waals surface area contributed by atoms with Crippen LogP contribution in [-0.4, -0.2) is 28.7 Å². The zero-order valence-corrected chi connectivity index (χ0v) is 13.4. The van der Waals surface area contributed by atoms with Gasteiger partial charge >= 0.3 is 5.97 Å². The maximum Gasteiger partial charge on any atom is 0.329 e. The van der Waals surface area contributed by atoms with E-state index in [0.717, 1.165) is 4.90 Å². The van der Waals surface area contributed by atoms with Crippen molar-refractivity contribution in [3.63, 3.8) is 0 Å². The molecule has 1 heterocycles. The Hall–Kier alpha value is -3.46. The minimum absolute atomic E-state index is 0.00193. The van der Waals surface area contributed by atoms with Crippen molar-refractivity contribution >= 4 is 17.8 Å². The Morgan fingerprint density at radius 2 is 1.64 bits per heavy atom. The number of rotatable bonds is 4. The van der Waals surface area contributed by atoms with Crippen LogP contribution < -0.4 is 0 Å². The second-order valence-electron chi connectivity index (χ2n) is 5.62. The van der Waals surface area contributed by atoms with Crippen LogP contribution in [0.3, 0.4) is 0 Å². The molecule has 6 nitrogen and oxygen atoms in total. The SMILES string of the molecule is C[C@H](C(=O)OCc1ccc(C#N)cc1)N1C(=O)c2ccccc2C1=O. The van der Waals surface area contributed by atoms with Gasteiger partial charge in [0.15, 0.2) is 0 Å². The first kappa shape index (κ1) is 16.4. The van der Waals surface area contributed by atoms with Crippen molar-refractivity contribution in [2.75, 3.05) is 0 Å². The standard InChI is InChI=1S/C19H14N2O4/c1-12(19(24)25-11-14-8-6-13(10-20)7-9-14)21-17(22)15-4-2-3-5-16(15)18(21)23/h2-9,12H,11H2,1H3/t12-/m1/s1. The maximum absolute atomic E-state index is 12.4. The van der Waals surface area contributed by atoms with Crippen LogP contribution in [0.4, 0.5) is 0 Å². The molecule has 3 rings (SSSR count). The fraction of sp³-hybridized carbons (Fsp3) is 0.158. The second kappa shape index (κ2) is 6.57. The van der Waals surface area contributed by atoms with Crippen LogP contribution in [0.25, 0.3) is 0 Å². The highest BCUT2D eigenvalue weighted by Gasteiger charge is 2.41. The zero-order valence-electron chi connectivity index (χ0n) is 13.4. The van der Waals surface area contributed by atoms with E-state index in [2.05, 4.69) is 0 Å². The van der Waals surface area contributed by atoms with Crippen LogP contribution in [0, 0.1) is 11.3 Å². The summed E-state index contributed by atoms with van der Waals surface area (Å²) in [7, 11) is 0. The highest BCUT2D eigenvalue weighted by molar-refractivity contribution is 6.22. The van der Waals surface area contributed by atoms with E-state index in [9.17, 15) is 14.4 Å². The molecule has 1 atom stereocenters. The number of esters is 1. The number of imide groups is 1. The van der Waals surface area contributed by atoms with E-state index < -0.39 is 23.8 Å². The Balaban J connectivity index is 1.68. The molecule has 1 aliphatic rings. The average Bonchev–Trinajstić information content (AvgIpc) is 2.90. The molecule has 0 aromatic heterocycles. The number of ether oxygens (including phenoxy) is 1. The number of nitrogens with zero attached hydrogens (tertiary/aromatic N) is 2. The lowest BCUT2D eigenvalue weighted by molar-refractivity contribution is -0.149. The normalized spacial score (nSPS) is 14.0. The van der Waals surface area contributed by atoms with E-state index >= 15 is 0 Å². The van der Waals surface area contributed by atoms with Gasteiger partial charge in [0.05, 0.1) is 22.8 Å². The van der Waals surface area contributed by atoms with Crippen molar-refractivity contribution in [2.45, 2.75) is 19.6 Å². The minimum atomic E-state index is -1.02. The van der Waals surface area contributed by atoms with Crippen molar-refractivity contribution in [1.82, 2.24) is 4.90 Å². The number of carbonyl (C=O) groups excluding carboxylic acids is 3. The lowest BCUT2D eigenvalue weighted by atomic mass is 10.1. The van der Waals surface area contributed by atoms with E-state index in [-0.39, 0.29) is 6.61 Å².